The lowest BCUT2D eigenvalue weighted by molar-refractivity contribution is -0.142. The highest BCUT2D eigenvalue weighted by Crippen LogP contribution is 2.39. The third-order valence-corrected chi connectivity index (χ3v) is 11.5. The maximum absolute atomic E-state index is 14.8. The van der Waals surface area contributed by atoms with Gasteiger partial charge in [0, 0.05) is 25.7 Å². The van der Waals surface area contributed by atoms with Gasteiger partial charge in [-0.15, -0.1) is 0 Å². The van der Waals surface area contributed by atoms with E-state index in [0.29, 0.717) is 11.1 Å². The summed E-state index contributed by atoms with van der Waals surface area (Å²) in [5.41, 5.74) is 1.67. The number of hydrogen-bond acceptors (Lipinski definition) is 4. The molecule has 298 valence electrons. The average molecular weight is 789 g/mol. The van der Waals surface area contributed by atoms with Crippen molar-refractivity contribution in [2.45, 2.75) is 49.0 Å². The summed E-state index contributed by atoms with van der Waals surface area (Å²) in [6.07, 6.45) is 0.742. The number of amides is 2. The van der Waals surface area contributed by atoms with Gasteiger partial charge in [-0.05, 0) is 54.9 Å². The van der Waals surface area contributed by atoms with Crippen molar-refractivity contribution < 1.29 is 19.8 Å². The van der Waals surface area contributed by atoms with Crippen molar-refractivity contribution in [3.05, 3.63) is 240 Å². The van der Waals surface area contributed by atoms with E-state index in [1.807, 2.05) is 206 Å². The van der Waals surface area contributed by atoms with Gasteiger partial charge >= 0.3 is 11.8 Å². The summed E-state index contributed by atoms with van der Waals surface area (Å²) in [4.78, 5) is 29.5. The molecule has 4 N–H and O–H groups in total. The second-order valence-electron chi connectivity index (χ2n) is 15.8. The van der Waals surface area contributed by atoms with Crippen LogP contribution < -0.4 is 10.6 Å². The Morgan fingerprint density at radius 2 is 0.633 bits per heavy atom. The first-order valence-electron chi connectivity index (χ1n) is 20.5. The standard InChI is InChI=1S/C54H48N2O4/c57-51(55-49(47-33-17-29-43-27-13-15-31-45(43)47)53(59,35-39-19-5-1-6-20-39)36-40-21-7-2-8-22-40)52(58)56-50(48-34-18-30-44-28-14-16-32-46(44)48)54(60,37-41-23-9-3-10-24-41)38-42-25-11-4-12-26-42/h1-34,49-50,59-60H,35-38H2,(H,55,57)(H,56,58)/t49-,50-/m1/s1. The van der Waals surface area contributed by atoms with Gasteiger partial charge in [0.2, 0.25) is 0 Å². The van der Waals surface area contributed by atoms with Gasteiger partial charge in [0.05, 0.1) is 23.3 Å². The summed E-state index contributed by atoms with van der Waals surface area (Å²) in [5.74, 6) is -1.86. The Labute approximate surface area is 351 Å². The number of benzene rings is 8. The Hall–Kier alpha value is -6.86. The van der Waals surface area contributed by atoms with E-state index >= 15 is 0 Å². The second kappa shape index (κ2) is 18.0. The number of hydrogen-bond donors (Lipinski definition) is 4. The van der Waals surface area contributed by atoms with Crippen LogP contribution in [0.2, 0.25) is 0 Å². The van der Waals surface area contributed by atoms with E-state index in [4.69, 9.17) is 0 Å². The van der Waals surface area contributed by atoms with E-state index in [1.54, 1.807) is 0 Å². The van der Waals surface area contributed by atoms with Crippen molar-refractivity contribution in [2.24, 2.45) is 0 Å². The van der Waals surface area contributed by atoms with Crippen molar-refractivity contribution in [1.82, 2.24) is 10.6 Å². The first-order chi connectivity index (χ1) is 29.3. The Morgan fingerprint density at radius 1 is 0.367 bits per heavy atom. The van der Waals surface area contributed by atoms with E-state index in [9.17, 15) is 19.8 Å². The Balaban J connectivity index is 1.22. The van der Waals surface area contributed by atoms with Crippen LogP contribution in [0.3, 0.4) is 0 Å². The molecule has 8 aromatic carbocycles. The molecule has 6 heteroatoms. The van der Waals surface area contributed by atoms with Crippen LogP contribution in [0.25, 0.3) is 21.5 Å². The summed E-state index contributed by atoms with van der Waals surface area (Å²) < 4.78 is 0. The fourth-order valence-electron chi connectivity index (χ4n) is 8.73. The SMILES string of the molecule is O=C(N[C@H](c1cccc2ccccc12)C(O)(Cc1ccccc1)Cc1ccccc1)C(=O)N[C@H](c1cccc2ccccc12)C(O)(Cc1ccccc1)Cc1ccccc1. The second-order valence-corrected chi connectivity index (χ2v) is 15.8. The zero-order valence-corrected chi connectivity index (χ0v) is 33.3. The highest BCUT2D eigenvalue weighted by molar-refractivity contribution is 6.35. The molecule has 8 aromatic rings. The first-order valence-corrected chi connectivity index (χ1v) is 20.5. The van der Waals surface area contributed by atoms with Gasteiger partial charge in [0.25, 0.3) is 0 Å². The molecule has 0 fully saturated rings. The maximum atomic E-state index is 14.8. The van der Waals surface area contributed by atoms with E-state index < -0.39 is 35.1 Å². The zero-order chi connectivity index (χ0) is 41.4. The summed E-state index contributed by atoms with van der Waals surface area (Å²) in [7, 11) is 0. The lowest BCUT2D eigenvalue weighted by atomic mass is 9.77. The Bertz CT molecular complexity index is 2400. The molecule has 60 heavy (non-hydrogen) atoms. The van der Waals surface area contributed by atoms with Gasteiger partial charge < -0.3 is 20.8 Å². The molecule has 0 radical (unpaired) electrons. The number of carbonyl (C=O) groups excluding carboxylic acids is 2. The van der Waals surface area contributed by atoms with E-state index in [2.05, 4.69) is 10.6 Å². The summed E-state index contributed by atoms with van der Waals surface area (Å²) in [6.45, 7) is 0. The number of carbonyl (C=O) groups is 2. The Kier molecular flexibility index (Phi) is 12.0. The van der Waals surface area contributed by atoms with E-state index in [0.717, 1.165) is 43.8 Å². The van der Waals surface area contributed by atoms with Crippen molar-refractivity contribution in [2.75, 3.05) is 0 Å². The molecule has 0 aromatic heterocycles. The molecule has 0 unspecified atom stereocenters. The smallest absolute Gasteiger partial charge is 0.309 e. The number of fused-ring (bicyclic) bond motifs is 2. The molecular weight excluding hydrogens is 741 g/mol. The molecular formula is C54H48N2O4. The quantitative estimate of drug-likeness (QED) is 0.0826. The molecule has 0 aliphatic rings. The molecule has 2 atom stereocenters. The lowest BCUT2D eigenvalue weighted by Gasteiger charge is -2.39. The summed E-state index contributed by atoms with van der Waals surface area (Å²) in [5, 5.41) is 36.0. The Morgan fingerprint density at radius 3 is 0.950 bits per heavy atom. The molecule has 0 bridgehead atoms. The van der Waals surface area contributed by atoms with Crippen LogP contribution in [0.5, 0.6) is 0 Å². The van der Waals surface area contributed by atoms with Crippen LogP contribution in [-0.2, 0) is 35.3 Å². The highest BCUT2D eigenvalue weighted by atomic mass is 16.3. The maximum Gasteiger partial charge on any atom is 0.309 e. The predicted octanol–water partition coefficient (Wildman–Crippen LogP) is 9.44. The molecule has 0 aliphatic carbocycles. The largest absolute Gasteiger partial charge is 0.387 e. The average Bonchev–Trinajstić information content (AvgIpc) is 3.28. The van der Waals surface area contributed by atoms with Gasteiger partial charge in [-0.3, -0.25) is 9.59 Å². The van der Waals surface area contributed by atoms with Crippen molar-refractivity contribution in [3.63, 3.8) is 0 Å². The molecule has 2 amide bonds. The van der Waals surface area contributed by atoms with Crippen LogP contribution in [0, 0.1) is 0 Å². The summed E-state index contributed by atoms with van der Waals surface area (Å²) in [6, 6.07) is 64.0. The van der Waals surface area contributed by atoms with Gasteiger partial charge in [-0.1, -0.05) is 206 Å². The summed E-state index contributed by atoms with van der Waals surface area (Å²) >= 11 is 0. The minimum Gasteiger partial charge on any atom is -0.387 e. The molecule has 0 heterocycles. The molecule has 6 nitrogen and oxygen atoms in total. The monoisotopic (exact) mass is 788 g/mol. The fourth-order valence-corrected chi connectivity index (χ4v) is 8.73. The van der Waals surface area contributed by atoms with Crippen LogP contribution in [0.4, 0.5) is 0 Å². The van der Waals surface area contributed by atoms with Crippen molar-refractivity contribution in [3.8, 4) is 0 Å². The first kappa shape index (κ1) is 39.9. The van der Waals surface area contributed by atoms with Crippen molar-refractivity contribution >= 4 is 33.4 Å². The molecule has 0 spiro atoms. The highest BCUT2D eigenvalue weighted by Gasteiger charge is 2.44. The van der Waals surface area contributed by atoms with Gasteiger partial charge in [-0.2, -0.15) is 0 Å². The van der Waals surface area contributed by atoms with Crippen LogP contribution in [0.1, 0.15) is 45.5 Å². The minimum absolute atomic E-state index is 0.186. The van der Waals surface area contributed by atoms with Gasteiger partial charge in [-0.25, -0.2) is 0 Å². The molecule has 0 aliphatic heterocycles. The van der Waals surface area contributed by atoms with E-state index in [-0.39, 0.29) is 25.7 Å². The van der Waals surface area contributed by atoms with Crippen LogP contribution in [-0.4, -0.2) is 33.2 Å². The zero-order valence-electron chi connectivity index (χ0n) is 33.3. The molecule has 0 saturated heterocycles. The fraction of sp³-hybridized carbons (Fsp3) is 0.148. The van der Waals surface area contributed by atoms with E-state index in [1.165, 1.54) is 0 Å². The minimum atomic E-state index is -1.60. The lowest BCUT2D eigenvalue weighted by Crippen LogP contribution is -2.55. The van der Waals surface area contributed by atoms with Crippen LogP contribution >= 0.6 is 0 Å². The van der Waals surface area contributed by atoms with Gasteiger partial charge in [0.1, 0.15) is 0 Å². The topological polar surface area (TPSA) is 98.7 Å². The predicted molar refractivity (Wildman–Crippen MR) is 240 cm³/mol. The number of nitrogens with one attached hydrogen (secondary N) is 2. The number of aliphatic hydroxyl groups is 2. The number of rotatable bonds is 14. The van der Waals surface area contributed by atoms with Crippen molar-refractivity contribution in [1.29, 1.82) is 0 Å². The van der Waals surface area contributed by atoms with Gasteiger partial charge in [0.15, 0.2) is 0 Å². The third-order valence-electron chi connectivity index (χ3n) is 11.5. The third kappa shape index (κ3) is 9.06. The molecule has 8 rings (SSSR count). The molecule has 0 saturated carbocycles. The normalized spacial score (nSPS) is 12.8. The van der Waals surface area contributed by atoms with Crippen LogP contribution in [0.15, 0.2) is 206 Å².